The Labute approximate surface area is 242 Å². The smallest absolute Gasteiger partial charge is 0.339 e. The molecule has 4 aromatic rings. The number of imide groups is 1. The monoisotopic (exact) mass is 560 g/mol. The Morgan fingerprint density at radius 1 is 0.905 bits per heavy atom. The number of hydrogen-bond acceptors (Lipinski definition) is 7. The van der Waals surface area contributed by atoms with Crippen molar-refractivity contribution in [2.24, 2.45) is 11.8 Å². The van der Waals surface area contributed by atoms with Crippen LogP contribution >= 0.6 is 0 Å². The Morgan fingerprint density at radius 3 is 2.31 bits per heavy atom. The molecule has 1 aliphatic carbocycles. The second-order valence-corrected chi connectivity index (χ2v) is 10.5. The molecule has 3 aromatic carbocycles. The van der Waals surface area contributed by atoms with E-state index in [0.29, 0.717) is 52.0 Å². The topological polar surface area (TPSA) is 103 Å². The van der Waals surface area contributed by atoms with Crippen LogP contribution in [0.2, 0.25) is 0 Å². The molecule has 1 aliphatic heterocycles. The maximum atomic E-state index is 13.3. The van der Waals surface area contributed by atoms with E-state index in [1.807, 2.05) is 37.3 Å². The number of hydrogen-bond donors (Lipinski definition) is 0. The number of ketones is 1. The van der Waals surface area contributed by atoms with Gasteiger partial charge in [0.2, 0.25) is 11.8 Å². The van der Waals surface area contributed by atoms with Crippen molar-refractivity contribution in [2.75, 3.05) is 18.6 Å². The quantitative estimate of drug-likeness (QED) is 0.123. The number of methoxy groups -OCH3 is 1. The first kappa shape index (κ1) is 27.1. The summed E-state index contributed by atoms with van der Waals surface area (Å²) in [4.78, 5) is 58.1. The Morgan fingerprint density at radius 2 is 1.62 bits per heavy atom. The van der Waals surface area contributed by atoms with Crippen LogP contribution in [0.25, 0.3) is 22.2 Å². The third kappa shape index (κ3) is 4.96. The van der Waals surface area contributed by atoms with Crippen molar-refractivity contribution in [1.29, 1.82) is 0 Å². The molecule has 8 nitrogen and oxygen atoms in total. The molecule has 8 heteroatoms. The summed E-state index contributed by atoms with van der Waals surface area (Å²) in [6, 6.07) is 20.9. The minimum Gasteiger partial charge on any atom is -0.497 e. The number of aromatic nitrogens is 1. The van der Waals surface area contributed by atoms with Gasteiger partial charge in [0.25, 0.3) is 0 Å². The molecule has 2 heterocycles. The summed E-state index contributed by atoms with van der Waals surface area (Å²) < 4.78 is 10.6. The average Bonchev–Trinajstić information content (AvgIpc) is 3.28. The number of carbonyl (C=O) groups excluding carboxylic acids is 4. The molecule has 0 radical (unpaired) electrons. The lowest BCUT2D eigenvalue weighted by Crippen LogP contribution is -2.30. The van der Waals surface area contributed by atoms with Crippen molar-refractivity contribution < 1.29 is 28.7 Å². The van der Waals surface area contributed by atoms with Gasteiger partial charge in [0.05, 0.1) is 41.4 Å². The van der Waals surface area contributed by atoms with Crippen LogP contribution in [0, 0.1) is 18.8 Å². The van der Waals surface area contributed by atoms with E-state index in [-0.39, 0.29) is 35.0 Å². The van der Waals surface area contributed by atoms with Crippen LogP contribution in [-0.2, 0) is 14.3 Å². The van der Waals surface area contributed by atoms with Crippen molar-refractivity contribution in [3.05, 3.63) is 102 Å². The van der Waals surface area contributed by atoms with E-state index in [1.54, 1.807) is 54.6 Å². The average molecular weight is 561 g/mol. The Kier molecular flexibility index (Phi) is 7.12. The molecular formula is C34H28N2O6. The third-order valence-electron chi connectivity index (χ3n) is 7.84. The molecule has 0 bridgehead atoms. The van der Waals surface area contributed by atoms with Crippen molar-refractivity contribution in [1.82, 2.24) is 4.98 Å². The van der Waals surface area contributed by atoms with E-state index in [1.165, 1.54) is 12.0 Å². The summed E-state index contributed by atoms with van der Waals surface area (Å²) in [5, 5.41) is 0.610. The number of pyridine rings is 1. The van der Waals surface area contributed by atoms with Gasteiger partial charge < -0.3 is 9.47 Å². The number of esters is 1. The highest BCUT2D eigenvalue weighted by molar-refractivity contribution is 6.22. The highest BCUT2D eigenvalue weighted by atomic mass is 16.5. The van der Waals surface area contributed by atoms with Crippen molar-refractivity contribution in [3.63, 3.8) is 0 Å². The zero-order valence-corrected chi connectivity index (χ0v) is 23.2. The molecule has 0 unspecified atom stereocenters. The van der Waals surface area contributed by atoms with Gasteiger partial charge in [-0.3, -0.25) is 19.3 Å². The lowest BCUT2D eigenvalue weighted by molar-refractivity contribution is -0.122. The van der Waals surface area contributed by atoms with Crippen LogP contribution in [-0.4, -0.2) is 42.3 Å². The van der Waals surface area contributed by atoms with Gasteiger partial charge in [-0.05, 0) is 62.2 Å². The van der Waals surface area contributed by atoms with E-state index < -0.39 is 12.6 Å². The van der Waals surface area contributed by atoms with Gasteiger partial charge in [0, 0.05) is 16.5 Å². The van der Waals surface area contributed by atoms with Gasteiger partial charge in [-0.25, -0.2) is 9.78 Å². The number of carbonyl (C=O) groups is 4. The number of rotatable bonds is 7. The fraction of sp³-hybridized carbons (Fsp3) is 0.206. The minimum absolute atomic E-state index is 0.171. The minimum atomic E-state index is -0.647. The van der Waals surface area contributed by atoms with Gasteiger partial charge in [0.15, 0.2) is 12.4 Å². The summed E-state index contributed by atoms with van der Waals surface area (Å²) >= 11 is 0. The second kappa shape index (κ2) is 11.0. The molecule has 210 valence electrons. The fourth-order valence-corrected chi connectivity index (χ4v) is 5.58. The Balaban J connectivity index is 1.27. The molecule has 1 saturated heterocycles. The van der Waals surface area contributed by atoms with Crippen molar-refractivity contribution in [3.8, 4) is 17.0 Å². The molecule has 1 aromatic heterocycles. The molecule has 1 fully saturated rings. The predicted molar refractivity (Wildman–Crippen MR) is 157 cm³/mol. The van der Waals surface area contributed by atoms with E-state index in [9.17, 15) is 19.2 Å². The number of fused-ring (bicyclic) bond motifs is 2. The SMILES string of the molecule is COc1cccc(C(=O)COC(=O)c2cc(-c3ccc(N4C(=O)[C@H]5CC=CC[C@@H]5C4=O)cc3)nc3ccc(C)cc23)c1. The van der Waals surface area contributed by atoms with Crippen LogP contribution < -0.4 is 9.64 Å². The molecule has 6 rings (SSSR count). The Hall–Kier alpha value is -5.11. The molecule has 42 heavy (non-hydrogen) atoms. The molecule has 0 saturated carbocycles. The summed E-state index contributed by atoms with van der Waals surface area (Å²) in [5.41, 5.74) is 3.91. The van der Waals surface area contributed by atoms with E-state index in [2.05, 4.69) is 0 Å². The fourth-order valence-electron chi connectivity index (χ4n) is 5.58. The number of ether oxygens (including phenoxy) is 2. The van der Waals surface area contributed by atoms with Crippen molar-refractivity contribution in [2.45, 2.75) is 19.8 Å². The second-order valence-electron chi connectivity index (χ2n) is 10.5. The van der Waals surface area contributed by atoms with Gasteiger partial charge in [-0.2, -0.15) is 0 Å². The first-order valence-corrected chi connectivity index (χ1v) is 13.7. The lowest BCUT2D eigenvalue weighted by Gasteiger charge is -2.15. The molecule has 0 N–H and O–H groups in total. The Bertz CT molecular complexity index is 1750. The van der Waals surface area contributed by atoms with Gasteiger partial charge in [-0.1, -0.05) is 48.0 Å². The van der Waals surface area contributed by atoms with Gasteiger partial charge >= 0.3 is 5.97 Å². The maximum Gasteiger partial charge on any atom is 0.339 e. The normalized spacial score (nSPS) is 17.8. The zero-order valence-electron chi connectivity index (χ0n) is 23.2. The number of Topliss-reactive ketones (excluding diaryl/α,β-unsaturated/α-hetero) is 1. The van der Waals surface area contributed by atoms with Crippen LogP contribution in [0.3, 0.4) is 0 Å². The van der Waals surface area contributed by atoms with Gasteiger partial charge in [0.1, 0.15) is 5.75 Å². The number of nitrogens with zero attached hydrogens (tertiary/aromatic N) is 2. The third-order valence-corrected chi connectivity index (χ3v) is 7.84. The first-order valence-electron chi connectivity index (χ1n) is 13.7. The molecule has 2 aliphatic rings. The van der Waals surface area contributed by atoms with E-state index in [0.717, 1.165) is 5.56 Å². The van der Waals surface area contributed by atoms with Crippen LogP contribution in [0.1, 0.15) is 39.1 Å². The zero-order chi connectivity index (χ0) is 29.4. The predicted octanol–water partition coefficient (Wildman–Crippen LogP) is 5.71. The van der Waals surface area contributed by atoms with E-state index >= 15 is 0 Å². The highest BCUT2D eigenvalue weighted by Crippen LogP contribution is 2.38. The summed E-state index contributed by atoms with van der Waals surface area (Å²) in [7, 11) is 1.51. The number of amides is 2. The largest absolute Gasteiger partial charge is 0.497 e. The van der Waals surface area contributed by atoms with Crippen LogP contribution in [0.4, 0.5) is 5.69 Å². The van der Waals surface area contributed by atoms with E-state index in [4.69, 9.17) is 14.5 Å². The number of aryl methyl sites for hydroxylation is 1. The number of allylic oxidation sites excluding steroid dienone is 2. The molecule has 2 atom stereocenters. The summed E-state index contributed by atoms with van der Waals surface area (Å²) in [5.74, 6) is -1.42. The standard InChI is InChI=1S/C34H28N2O6/c1-20-10-15-29-27(16-20)28(34(40)42-19-31(37)22-6-5-7-24(17-22)41-2)18-30(35-29)21-11-13-23(14-12-21)36-32(38)25-8-3-4-9-26(25)33(36)39/h3-7,10-18,25-26H,8-9,19H2,1-2H3/t25-,26-/m0/s1. The lowest BCUT2D eigenvalue weighted by atomic mass is 9.85. The maximum absolute atomic E-state index is 13.3. The molecule has 0 spiro atoms. The van der Waals surface area contributed by atoms with Crippen LogP contribution in [0.15, 0.2) is 84.9 Å². The highest BCUT2D eigenvalue weighted by Gasteiger charge is 2.47. The summed E-state index contributed by atoms with van der Waals surface area (Å²) in [6.45, 7) is 1.49. The molecular weight excluding hydrogens is 532 g/mol. The summed E-state index contributed by atoms with van der Waals surface area (Å²) in [6.07, 6.45) is 5.08. The molecule has 2 amide bonds. The number of anilines is 1. The van der Waals surface area contributed by atoms with Gasteiger partial charge in [-0.15, -0.1) is 0 Å². The van der Waals surface area contributed by atoms with Crippen LogP contribution in [0.5, 0.6) is 5.75 Å². The number of benzene rings is 3. The van der Waals surface area contributed by atoms with Crippen molar-refractivity contribution >= 4 is 40.2 Å². The first-order chi connectivity index (χ1) is 20.3.